The number of aliphatic hydroxyl groups excluding tert-OH is 1. The highest BCUT2D eigenvalue weighted by Gasteiger charge is 2.11. The van der Waals surface area contributed by atoms with Crippen molar-refractivity contribution in [2.45, 2.75) is 19.9 Å². The van der Waals surface area contributed by atoms with Crippen LogP contribution in [-0.2, 0) is 4.74 Å². The van der Waals surface area contributed by atoms with Gasteiger partial charge < -0.3 is 14.6 Å². The Hall–Kier alpha value is -1.54. The quantitative estimate of drug-likeness (QED) is 0.741. The first-order chi connectivity index (χ1) is 10.2. The van der Waals surface area contributed by atoms with Crippen LogP contribution in [0.3, 0.4) is 0 Å². The van der Waals surface area contributed by atoms with Crippen LogP contribution < -0.4 is 4.74 Å². The molecule has 0 aromatic heterocycles. The van der Waals surface area contributed by atoms with Crippen LogP contribution in [-0.4, -0.2) is 56.1 Å². The van der Waals surface area contributed by atoms with Gasteiger partial charge in [-0.05, 0) is 37.7 Å². The largest absolute Gasteiger partial charge is 0.492 e. The molecule has 1 atom stereocenters. The Balaban J connectivity index is 2.40. The van der Waals surface area contributed by atoms with Crippen molar-refractivity contribution in [2.24, 2.45) is 0 Å². The van der Waals surface area contributed by atoms with Gasteiger partial charge >= 0.3 is 0 Å². The van der Waals surface area contributed by atoms with Crippen molar-refractivity contribution >= 4 is 0 Å². The van der Waals surface area contributed by atoms with Gasteiger partial charge in [0.05, 0.1) is 6.61 Å². The van der Waals surface area contributed by atoms with Crippen LogP contribution in [0.4, 0.5) is 0 Å². The molecule has 0 aliphatic heterocycles. The number of likely N-dealkylation sites (N-methyl/N-ethyl adjacent to an activating group) is 1. The molecule has 1 aromatic rings. The second kappa shape index (κ2) is 10.2. The third-order valence-corrected chi connectivity index (χ3v) is 3.25. The van der Waals surface area contributed by atoms with Gasteiger partial charge in [-0.1, -0.05) is 18.8 Å². The van der Waals surface area contributed by atoms with Gasteiger partial charge in [-0.25, -0.2) is 0 Å². The lowest BCUT2D eigenvalue weighted by atomic mass is 10.2. The first-order valence-corrected chi connectivity index (χ1v) is 7.26. The van der Waals surface area contributed by atoms with Crippen LogP contribution in [0, 0.1) is 11.8 Å². The molecule has 116 valence electrons. The topological polar surface area (TPSA) is 41.9 Å². The Bertz CT molecular complexity index is 447. The summed E-state index contributed by atoms with van der Waals surface area (Å²) in [5.74, 6) is 6.31. The Morgan fingerprint density at radius 1 is 1.29 bits per heavy atom. The van der Waals surface area contributed by atoms with E-state index in [4.69, 9.17) is 14.6 Å². The predicted molar refractivity (Wildman–Crippen MR) is 84.5 cm³/mol. The zero-order valence-corrected chi connectivity index (χ0v) is 13.1. The van der Waals surface area contributed by atoms with Crippen molar-refractivity contribution < 1.29 is 14.6 Å². The highest BCUT2D eigenvalue weighted by Crippen LogP contribution is 2.11. The van der Waals surface area contributed by atoms with Gasteiger partial charge in [0.25, 0.3) is 0 Å². The zero-order chi connectivity index (χ0) is 15.5. The van der Waals surface area contributed by atoms with Crippen molar-refractivity contribution in [2.75, 3.05) is 40.0 Å². The third-order valence-electron chi connectivity index (χ3n) is 3.25. The first-order valence-electron chi connectivity index (χ1n) is 7.26. The summed E-state index contributed by atoms with van der Waals surface area (Å²) in [6.45, 7) is 7.39. The highest BCUT2D eigenvalue weighted by atomic mass is 16.5. The van der Waals surface area contributed by atoms with E-state index in [1.54, 1.807) is 7.11 Å². The van der Waals surface area contributed by atoms with E-state index < -0.39 is 0 Å². The number of methoxy groups -OCH3 is 1. The molecule has 0 aliphatic carbocycles. The van der Waals surface area contributed by atoms with E-state index in [1.165, 1.54) is 0 Å². The lowest BCUT2D eigenvalue weighted by molar-refractivity contribution is 0.0920. The van der Waals surface area contributed by atoms with E-state index in [2.05, 4.69) is 30.6 Å². The Morgan fingerprint density at radius 2 is 2.00 bits per heavy atom. The fourth-order valence-electron chi connectivity index (χ4n) is 2.09. The monoisotopic (exact) mass is 291 g/mol. The van der Waals surface area contributed by atoms with Crippen LogP contribution in [0.2, 0.25) is 0 Å². The molecule has 21 heavy (non-hydrogen) atoms. The molecular weight excluding hydrogens is 266 g/mol. The molecule has 0 aliphatic rings. The van der Waals surface area contributed by atoms with Gasteiger partial charge in [0.2, 0.25) is 0 Å². The Labute approximate surface area is 127 Å². The SMILES string of the molecule is CCN(CCOc1ccc(C#CCO)cc1)C(C)COC. The van der Waals surface area contributed by atoms with Crippen molar-refractivity contribution in [3.05, 3.63) is 29.8 Å². The number of nitrogens with zero attached hydrogens (tertiary/aromatic N) is 1. The average Bonchev–Trinajstić information content (AvgIpc) is 2.51. The van der Waals surface area contributed by atoms with E-state index in [1.807, 2.05) is 24.3 Å². The maximum Gasteiger partial charge on any atom is 0.119 e. The van der Waals surface area contributed by atoms with Gasteiger partial charge in [0, 0.05) is 25.3 Å². The van der Waals surface area contributed by atoms with Crippen LogP contribution in [0.1, 0.15) is 19.4 Å². The molecular formula is C17H25NO3. The maximum atomic E-state index is 8.64. The van der Waals surface area contributed by atoms with Crippen molar-refractivity contribution in [1.82, 2.24) is 4.90 Å². The molecule has 0 amide bonds. The maximum absolute atomic E-state index is 8.64. The van der Waals surface area contributed by atoms with E-state index in [0.29, 0.717) is 12.6 Å². The molecule has 1 rings (SSSR count). The average molecular weight is 291 g/mol. The zero-order valence-electron chi connectivity index (χ0n) is 13.1. The molecule has 1 N–H and O–H groups in total. The van der Waals surface area contributed by atoms with Gasteiger partial charge in [0.1, 0.15) is 19.0 Å². The molecule has 4 nitrogen and oxygen atoms in total. The lowest BCUT2D eigenvalue weighted by Gasteiger charge is -2.27. The molecule has 0 heterocycles. The Morgan fingerprint density at radius 3 is 2.57 bits per heavy atom. The van der Waals surface area contributed by atoms with Crippen LogP contribution >= 0.6 is 0 Å². The normalized spacial score (nSPS) is 11.9. The smallest absolute Gasteiger partial charge is 0.119 e. The molecule has 0 saturated heterocycles. The van der Waals surface area contributed by atoms with E-state index in [9.17, 15) is 0 Å². The summed E-state index contributed by atoms with van der Waals surface area (Å²) in [4.78, 5) is 2.32. The number of ether oxygens (including phenoxy) is 2. The van der Waals surface area contributed by atoms with E-state index in [-0.39, 0.29) is 6.61 Å². The number of aliphatic hydroxyl groups is 1. The minimum atomic E-state index is -0.120. The van der Waals surface area contributed by atoms with Crippen LogP contribution in [0.25, 0.3) is 0 Å². The van der Waals surface area contributed by atoms with E-state index in [0.717, 1.165) is 31.0 Å². The standard InChI is InChI=1S/C17H25NO3/c1-4-18(15(2)14-20-3)11-13-21-17-9-7-16(8-10-17)6-5-12-19/h7-10,15,19H,4,11-14H2,1-3H3. The van der Waals surface area contributed by atoms with Crippen molar-refractivity contribution in [3.63, 3.8) is 0 Å². The second-order valence-electron chi connectivity index (χ2n) is 4.77. The lowest BCUT2D eigenvalue weighted by Crippen LogP contribution is -2.38. The highest BCUT2D eigenvalue weighted by molar-refractivity contribution is 5.38. The first kappa shape index (κ1) is 17.5. The summed E-state index contributed by atoms with van der Waals surface area (Å²) in [5, 5.41) is 8.64. The number of rotatable bonds is 8. The number of hydrogen-bond donors (Lipinski definition) is 1. The molecule has 0 radical (unpaired) electrons. The Kier molecular flexibility index (Phi) is 8.53. The second-order valence-corrected chi connectivity index (χ2v) is 4.77. The molecule has 0 saturated carbocycles. The molecule has 1 aromatic carbocycles. The fourth-order valence-corrected chi connectivity index (χ4v) is 2.09. The van der Waals surface area contributed by atoms with Gasteiger partial charge in [0.15, 0.2) is 0 Å². The number of hydrogen-bond acceptors (Lipinski definition) is 4. The summed E-state index contributed by atoms with van der Waals surface area (Å²) in [7, 11) is 1.72. The van der Waals surface area contributed by atoms with Crippen LogP contribution in [0.5, 0.6) is 5.75 Å². The van der Waals surface area contributed by atoms with Crippen molar-refractivity contribution in [3.8, 4) is 17.6 Å². The third kappa shape index (κ3) is 6.63. The minimum absolute atomic E-state index is 0.120. The van der Waals surface area contributed by atoms with Crippen molar-refractivity contribution in [1.29, 1.82) is 0 Å². The summed E-state index contributed by atoms with van der Waals surface area (Å²) < 4.78 is 10.9. The van der Waals surface area contributed by atoms with Gasteiger partial charge in [-0.15, -0.1) is 0 Å². The van der Waals surface area contributed by atoms with E-state index >= 15 is 0 Å². The number of benzene rings is 1. The summed E-state index contributed by atoms with van der Waals surface area (Å²) >= 11 is 0. The molecule has 1 unspecified atom stereocenters. The molecule has 0 spiro atoms. The summed E-state index contributed by atoms with van der Waals surface area (Å²) in [6.07, 6.45) is 0. The minimum Gasteiger partial charge on any atom is -0.492 e. The molecule has 4 heteroatoms. The summed E-state index contributed by atoms with van der Waals surface area (Å²) in [6, 6.07) is 7.97. The van der Waals surface area contributed by atoms with Gasteiger partial charge in [-0.3, -0.25) is 4.90 Å². The summed E-state index contributed by atoms with van der Waals surface area (Å²) in [5.41, 5.74) is 0.875. The predicted octanol–water partition coefficient (Wildman–Crippen LogP) is 1.77. The fraction of sp³-hybridized carbons (Fsp3) is 0.529. The van der Waals surface area contributed by atoms with Gasteiger partial charge in [-0.2, -0.15) is 0 Å². The van der Waals surface area contributed by atoms with Crippen LogP contribution in [0.15, 0.2) is 24.3 Å². The molecule has 0 bridgehead atoms. The molecule has 0 fully saturated rings.